The van der Waals surface area contributed by atoms with Crippen LogP contribution >= 0.6 is 0 Å². The fourth-order valence-corrected chi connectivity index (χ4v) is 1.95. The highest BCUT2D eigenvalue weighted by atomic mass is 16.5. The monoisotopic (exact) mass is 298 g/mol. The van der Waals surface area contributed by atoms with E-state index in [2.05, 4.69) is 20.6 Å². The standard InChI is InChI=1S/C16H18N4O2/c1-2-22-13-7-5-11(6-8-13)19-15-10-17-14(9-18-15)16(21)20-12-3-4-12/h5-10,12H,2-4H2,1H3,(H,18,19)(H,20,21). The summed E-state index contributed by atoms with van der Waals surface area (Å²) in [6, 6.07) is 7.89. The number of rotatable bonds is 6. The van der Waals surface area contributed by atoms with Crippen LogP contribution in [0.2, 0.25) is 0 Å². The summed E-state index contributed by atoms with van der Waals surface area (Å²) in [7, 11) is 0. The van der Waals surface area contributed by atoms with Gasteiger partial charge in [0.2, 0.25) is 0 Å². The summed E-state index contributed by atoms with van der Waals surface area (Å²) < 4.78 is 5.39. The zero-order valence-electron chi connectivity index (χ0n) is 12.4. The Morgan fingerprint density at radius 1 is 1.23 bits per heavy atom. The van der Waals surface area contributed by atoms with Gasteiger partial charge in [0.15, 0.2) is 0 Å². The van der Waals surface area contributed by atoms with Crippen molar-refractivity contribution in [3.63, 3.8) is 0 Å². The molecule has 0 unspecified atom stereocenters. The topological polar surface area (TPSA) is 76.1 Å². The van der Waals surface area contributed by atoms with E-state index in [0.717, 1.165) is 24.3 Å². The summed E-state index contributed by atoms with van der Waals surface area (Å²) in [4.78, 5) is 20.2. The van der Waals surface area contributed by atoms with Crippen molar-refractivity contribution in [2.24, 2.45) is 0 Å². The Hall–Kier alpha value is -2.63. The van der Waals surface area contributed by atoms with Gasteiger partial charge in [-0.2, -0.15) is 0 Å². The summed E-state index contributed by atoms with van der Waals surface area (Å²) in [6.07, 6.45) is 5.14. The molecule has 2 N–H and O–H groups in total. The second kappa shape index (κ2) is 6.43. The maximum atomic E-state index is 11.8. The minimum absolute atomic E-state index is 0.164. The lowest BCUT2D eigenvalue weighted by molar-refractivity contribution is 0.0945. The van der Waals surface area contributed by atoms with Gasteiger partial charge in [0, 0.05) is 11.7 Å². The summed E-state index contributed by atoms with van der Waals surface area (Å²) in [5.74, 6) is 1.25. The van der Waals surface area contributed by atoms with Gasteiger partial charge in [-0.25, -0.2) is 9.97 Å². The van der Waals surface area contributed by atoms with Gasteiger partial charge < -0.3 is 15.4 Å². The largest absolute Gasteiger partial charge is 0.494 e. The summed E-state index contributed by atoms with van der Waals surface area (Å²) in [6.45, 7) is 2.59. The molecule has 114 valence electrons. The van der Waals surface area contributed by atoms with Crippen LogP contribution in [0.4, 0.5) is 11.5 Å². The van der Waals surface area contributed by atoms with Crippen LogP contribution in [0.1, 0.15) is 30.3 Å². The first kappa shape index (κ1) is 14.3. The van der Waals surface area contributed by atoms with Crippen LogP contribution < -0.4 is 15.4 Å². The van der Waals surface area contributed by atoms with Crippen LogP contribution in [0.5, 0.6) is 5.75 Å². The van der Waals surface area contributed by atoms with E-state index in [4.69, 9.17) is 4.74 Å². The van der Waals surface area contributed by atoms with Gasteiger partial charge in [-0.15, -0.1) is 0 Å². The van der Waals surface area contributed by atoms with Gasteiger partial charge in [-0.05, 0) is 44.0 Å². The van der Waals surface area contributed by atoms with Crippen LogP contribution in [-0.2, 0) is 0 Å². The van der Waals surface area contributed by atoms with E-state index < -0.39 is 0 Å². The van der Waals surface area contributed by atoms with Gasteiger partial charge in [0.05, 0.1) is 19.0 Å². The van der Waals surface area contributed by atoms with Crippen molar-refractivity contribution in [3.05, 3.63) is 42.4 Å². The third-order valence-corrected chi connectivity index (χ3v) is 3.23. The highest BCUT2D eigenvalue weighted by Crippen LogP contribution is 2.20. The average molecular weight is 298 g/mol. The summed E-state index contributed by atoms with van der Waals surface area (Å²) >= 11 is 0. The zero-order chi connectivity index (χ0) is 15.4. The maximum Gasteiger partial charge on any atom is 0.271 e. The van der Waals surface area contributed by atoms with Crippen LogP contribution in [-0.4, -0.2) is 28.5 Å². The lowest BCUT2D eigenvalue weighted by Crippen LogP contribution is -2.26. The molecule has 3 rings (SSSR count). The number of nitrogens with one attached hydrogen (secondary N) is 2. The number of benzene rings is 1. The van der Waals surface area contributed by atoms with Crippen LogP contribution in [0.25, 0.3) is 0 Å². The Morgan fingerprint density at radius 3 is 2.59 bits per heavy atom. The number of ether oxygens (including phenoxy) is 1. The number of aromatic nitrogens is 2. The van der Waals surface area contributed by atoms with Gasteiger partial charge in [-0.3, -0.25) is 4.79 Å². The molecule has 1 heterocycles. The smallest absolute Gasteiger partial charge is 0.271 e. The molecule has 0 bridgehead atoms. The van der Waals surface area contributed by atoms with E-state index in [1.54, 1.807) is 6.20 Å². The van der Waals surface area contributed by atoms with Crippen molar-refractivity contribution in [1.29, 1.82) is 0 Å². The molecule has 1 amide bonds. The second-order valence-corrected chi connectivity index (χ2v) is 5.12. The Labute approximate surface area is 128 Å². The lowest BCUT2D eigenvalue weighted by Gasteiger charge is -2.08. The fourth-order valence-electron chi connectivity index (χ4n) is 1.95. The molecule has 6 nitrogen and oxygen atoms in total. The van der Waals surface area contributed by atoms with Crippen molar-refractivity contribution in [2.75, 3.05) is 11.9 Å². The fraction of sp³-hybridized carbons (Fsp3) is 0.312. The third kappa shape index (κ3) is 3.72. The van der Waals surface area contributed by atoms with Crippen LogP contribution in [0.15, 0.2) is 36.7 Å². The Balaban J connectivity index is 1.61. The molecule has 22 heavy (non-hydrogen) atoms. The van der Waals surface area contributed by atoms with Gasteiger partial charge in [-0.1, -0.05) is 0 Å². The first-order chi connectivity index (χ1) is 10.7. The van der Waals surface area contributed by atoms with Crippen LogP contribution in [0, 0.1) is 0 Å². The van der Waals surface area contributed by atoms with Crippen molar-refractivity contribution >= 4 is 17.4 Å². The van der Waals surface area contributed by atoms with Crippen molar-refractivity contribution < 1.29 is 9.53 Å². The van der Waals surface area contributed by atoms with E-state index in [-0.39, 0.29) is 5.91 Å². The van der Waals surface area contributed by atoms with E-state index >= 15 is 0 Å². The number of hydrogen-bond donors (Lipinski definition) is 2. The minimum Gasteiger partial charge on any atom is -0.494 e. The van der Waals surface area contributed by atoms with E-state index in [9.17, 15) is 4.79 Å². The molecule has 0 radical (unpaired) electrons. The van der Waals surface area contributed by atoms with Crippen molar-refractivity contribution in [3.8, 4) is 5.75 Å². The molecule has 1 aromatic carbocycles. The first-order valence-corrected chi connectivity index (χ1v) is 7.37. The number of anilines is 2. The Morgan fingerprint density at radius 2 is 2.00 bits per heavy atom. The summed E-state index contributed by atoms with van der Waals surface area (Å²) in [5, 5.41) is 6.01. The molecular formula is C16H18N4O2. The molecule has 1 aromatic heterocycles. The first-order valence-electron chi connectivity index (χ1n) is 7.37. The number of carbonyl (C=O) groups is 1. The minimum atomic E-state index is -0.164. The number of hydrogen-bond acceptors (Lipinski definition) is 5. The number of nitrogens with zero attached hydrogens (tertiary/aromatic N) is 2. The van der Waals surface area contributed by atoms with Gasteiger partial charge >= 0.3 is 0 Å². The highest BCUT2D eigenvalue weighted by Gasteiger charge is 2.24. The van der Waals surface area contributed by atoms with E-state index in [0.29, 0.717) is 24.2 Å². The molecule has 0 aliphatic heterocycles. The zero-order valence-corrected chi connectivity index (χ0v) is 12.4. The molecule has 1 aliphatic carbocycles. The maximum absolute atomic E-state index is 11.8. The SMILES string of the molecule is CCOc1ccc(Nc2cnc(C(=O)NC3CC3)cn2)cc1. The molecular weight excluding hydrogens is 280 g/mol. The van der Waals surface area contributed by atoms with Gasteiger partial charge in [0.1, 0.15) is 17.3 Å². The highest BCUT2D eigenvalue weighted by molar-refractivity contribution is 5.92. The quantitative estimate of drug-likeness (QED) is 0.857. The predicted octanol–water partition coefficient (Wildman–Crippen LogP) is 2.51. The second-order valence-electron chi connectivity index (χ2n) is 5.12. The average Bonchev–Trinajstić information content (AvgIpc) is 3.34. The molecule has 0 atom stereocenters. The third-order valence-electron chi connectivity index (χ3n) is 3.23. The summed E-state index contributed by atoms with van der Waals surface area (Å²) in [5.41, 5.74) is 1.22. The lowest BCUT2D eigenvalue weighted by atomic mass is 10.3. The Kier molecular flexibility index (Phi) is 4.18. The van der Waals surface area contributed by atoms with E-state index in [1.165, 1.54) is 6.20 Å². The molecule has 0 spiro atoms. The van der Waals surface area contributed by atoms with Crippen molar-refractivity contribution in [2.45, 2.75) is 25.8 Å². The van der Waals surface area contributed by atoms with Gasteiger partial charge in [0.25, 0.3) is 5.91 Å². The molecule has 0 saturated heterocycles. The molecule has 6 heteroatoms. The number of carbonyl (C=O) groups excluding carboxylic acids is 1. The molecule has 1 saturated carbocycles. The normalized spacial score (nSPS) is 13.5. The molecule has 1 fully saturated rings. The molecule has 1 aliphatic rings. The van der Waals surface area contributed by atoms with Crippen molar-refractivity contribution in [1.82, 2.24) is 15.3 Å². The predicted molar refractivity (Wildman–Crippen MR) is 83.4 cm³/mol. The van der Waals surface area contributed by atoms with E-state index in [1.807, 2.05) is 31.2 Å². The number of amides is 1. The van der Waals surface area contributed by atoms with Crippen LogP contribution in [0.3, 0.4) is 0 Å². The molecule has 2 aromatic rings. The Bertz CT molecular complexity index is 636.